The summed E-state index contributed by atoms with van der Waals surface area (Å²) in [6.45, 7) is 4.79. The van der Waals surface area contributed by atoms with Crippen molar-refractivity contribution in [3.63, 3.8) is 0 Å². The fraction of sp³-hybridized carbons (Fsp3) is 0.387. The van der Waals surface area contributed by atoms with Gasteiger partial charge in [-0.1, -0.05) is 37.6 Å². The number of unbranched alkanes of at least 4 members (excludes halogenated alkanes) is 1. The van der Waals surface area contributed by atoms with Crippen LogP contribution < -0.4 is 19.5 Å². The molecule has 0 atom stereocenters. The second-order valence-electron chi connectivity index (χ2n) is 10.7. The lowest BCUT2D eigenvalue weighted by Crippen LogP contribution is -2.49. The third-order valence-electron chi connectivity index (χ3n) is 7.09. The molecule has 0 unspecified atom stereocenters. The largest absolute Gasteiger partial charge is 0.573 e. The Morgan fingerprint density at radius 1 is 0.978 bits per heavy atom. The molecule has 0 aromatic heterocycles. The van der Waals surface area contributed by atoms with Crippen LogP contribution in [0.1, 0.15) is 38.2 Å². The van der Waals surface area contributed by atoms with Gasteiger partial charge in [0, 0.05) is 37.9 Å². The molecule has 2 N–H and O–H groups in total. The molecule has 1 saturated heterocycles. The molecule has 1 fully saturated rings. The van der Waals surface area contributed by atoms with Gasteiger partial charge in [-0.05, 0) is 73.4 Å². The number of hydrogen-bond acceptors (Lipinski definition) is 6. The summed E-state index contributed by atoms with van der Waals surface area (Å²) in [5, 5.41) is 2.63. The monoisotopic (exact) mass is 670 g/mol. The van der Waals surface area contributed by atoms with E-state index in [0.717, 1.165) is 57.1 Å². The number of halogens is 4. The molecular formula is C31H38ClF3N4O5S. The molecule has 3 aromatic rings. The smallest absolute Gasteiger partial charge is 0.457 e. The summed E-state index contributed by atoms with van der Waals surface area (Å²) in [4.78, 5) is 17.3. The maximum absolute atomic E-state index is 13.3. The van der Waals surface area contributed by atoms with Crippen LogP contribution in [0.15, 0.2) is 72.8 Å². The van der Waals surface area contributed by atoms with Crippen molar-refractivity contribution in [1.82, 2.24) is 9.80 Å². The number of anilines is 2. The van der Waals surface area contributed by atoms with Gasteiger partial charge >= 0.3 is 12.4 Å². The summed E-state index contributed by atoms with van der Waals surface area (Å²) in [5.74, 6) is 0.776. The van der Waals surface area contributed by atoms with Gasteiger partial charge in [0.1, 0.15) is 11.5 Å². The van der Waals surface area contributed by atoms with Gasteiger partial charge in [-0.3, -0.25) is 9.62 Å². The summed E-state index contributed by atoms with van der Waals surface area (Å²) in [5.41, 5.74) is 1.53. The highest BCUT2D eigenvalue weighted by molar-refractivity contribution is 7.92. The van der Waals surface area contributed by atoms with Crippen LogP contribution in [-0.4, -0.2) is 62.5 Å². The Morgan fingerprint density at radius 2 is 1.58 bits per heavy atom. The number of amides is 2. The Hall–Kier alpha value is -3.68. The number of hydrogen-bond donors (Lipinski definition) is 2. The van der Waals surface area contributed by atoms with Crippen molar-refractivity contribution in [2.75, 3.05) is 35.9 Å². The number of para-hydroxylation sites is 2. The molecule has 0 bridgehead atoms. The third kappa shape index (κ3) is 11.6. The molecule has 2 amide bonds. The molecule has 9 nitrogen and oxygen atoms in total. The van der Waals surface area contributed by atoms with E-state index in [4.69, 9.17) is 4.74 Å². The van der Waals surface area contributed by atoms with E-state index < -0.39 is 28.2 Å². The maximum atomic E-state index is 13.3. The summed E-state index contributed by atoms with van der Waals surface area (Å²) >= 11 is 0. The number of carbonyl (C=O) groups is 1. The minimum atomic E-state index is -4.86. The molecule has 4 rings (SSSR count). The van der Waals surface area contributed by atoms with E-state index in [1.54, 1.807) is 35.2 Å². The Balaban J connectivity index is 0.00000552. The van der Waals surface area contributed by atoms with Gasteiger partial charge in [-0.15, -0.1) is 25.6 Å². The average molecular weight is 671 g/mol. The molecule has 1 aliphatic heterocycles. The Morgan fingerprint density at radius 3 is 2.16 bits per heavy atom. The molecule has 1 heterocycles. The number of likely N-dealkylation sites (tertiary alicyclic amines) is 1. The topological polar surface area (TPSA) is 100 Å². The van der Waals surface area contributed by atoms with Crippen molar-refractivity contribution < 1.29 is 35.9 Å². The fourth-order valence-corrected chi connectivity index (χ4v) is 5.56. The quantitative estimate of drug-likeness (QED) is 0.207. The van der Waals surface area contributed by atoms with Gasteiger partial charge in [0.05, 0.1) is 11.9 Å². The number of alkyl halides is 3. The van der Waals surface area contributed by atoms with Crippen molar-refractivity contribution >= 4 is 39.8 Å². The number of urea groups is 1. The van der Waals surface area contributed by atoms with Crippen molar-refractivity contribution in [1.29, 1.82) is 0 Å². The lowest BCUT2D eigenvalue weighted by atomic mass is 10.0. The van der Waals surface area contributed by atoms with E-state index in [1.807, 2.05) is 31.2 Å². The summed E-state index contributed by atoms with van der Waals surface area (Å²) in [7, 11) is -3.35. The molecule has 0 saturated carbocycles. The molecular weight excluding hydrogens is 633 g/mol. The highest BCUT2D eigenvalue weighted by Crippen LogP contribution is 2.31. The van der Waals surface area contributed by atoms with Gasteiger partial charge in [0.2, 0.25) is 10.0 Å². The molecule has 1 aliphatic rings. The number of sulfonamides is 1. The predicted octanol–water partition coefficient (Wildman–Crippen LogP) is 7.47. The SMILES string of the molecule is CCCCN(C(=O)Nc1ccccc1OC(F)(F)F)C1CCN(Cc2ccc(Oc3ccc(NS(C)(=O)=O)cc3)cc2)CC1.Cl. The lowest BCUT2D eigenvalue weighted by molar-refractivity contribution is -0.274. The molecule has 45 heavy (non-hydrogen) atoms. The van der Waals surface area contributed by atoms with Crippen LogP contribution >= 0.6 is 12.4 Å². The Bertz CT molecular complexity index is 1480. The van der Waals surface area contributed by atoms with Crippen molar-refractivity contribution in [2.45, 2.75) is 51.6 Å². The number of ether oxygens (including phenoxy) is 2. The molecule has 3 aromatic carbocycles. The number of rotatable bonds is 12. The van der Waals surface area contributed by atoms with Crippen LogP contribution in [0.3, 0.4) is 0 Å². The first kappa shape index (κ1) is 35.8. The van der Waals surface area contributed by atoms with Gasteiger partial charge in [-0.25, -0.2) is 13.2 Å². The van der Waals surface area contributed by atoms with Crippen LogP contribution in [0.5, 0.6) is 17.2 Å². The van der Waals surface area contributed by atoms with E-state index in [-0.39, 0.29) is 24.1 Å². The summed E-state index contributed by atoms with van der Waals surface area (Å²) < 4.78 is 73.7. The minimum Gasteiger partial charge on any atom is -0.457 e. The highest BCUT2D eigenvalue weighted by atomic mass is 35.5. The first-order chi connectivity index (χ1) is 20.9. The zero-order valence-electron chi connectivity index (χ0n) is 25.0. The van der Waals surface area contributed by atoms with Gasteiger partial charge in [0.25, 0.3) is 0 Å². The first-order valence-corrected chi connectivity index (χ1v) is 16.3. The van der Waals surface area contributed by atoms with E-state index in [2.05, 4.69) is 19.7 Å². The second-order valence-corrected chi connectivity index (χ2v) is 12.4. The number of piperidine rings is 1. The maximum Gasteiger partial charge on any atom is 0.573 e. The van der Waals surface area contributed by atoms with Gasteiger partial charge in [0.15, 0.2) is 5.75 Å². The normalized spacial score (nSPS) is 14.2. The third-order valence-corrected chi connectivity index (χ3v) is 7.69. The number of nitrogens with zero attached hydrogens (tertiary/aromatic N) is 2. The Labute approximate surface area is 268 Å². The van der Waals surface area contributed by atoms with Crippen molar-refractivity contribution in [2.24, 2.45) is 0 Å². The van der Waals surface area contributed by atoms with Gasteiger partial charge in [-0.2, -0.15) is 0 Å². The van der Waals surface area contributed by atoms with Crippen LogP contribution in [0.25, 0.3) is 0 Å². The van der Waals surface area contributed by atoms with Crippen LogP contribution in [0, 0.1) is 0 Å². The van der Waals surface area contributed by atoms with Crippen LogP contribution in [0.4, 0.5) is 29.3 Å². The predicted molar refractivity (Wildman–Crippen MR) is 171 cm³/mol. The van der Waals surface area contributed by atoms with E-state index in [0.29, 0.717) is 23.7 Å². The van der Waals surface area contributed by atoms with Crippen molar-refractivity contribution in [3.05, 3.63) is 78.4 Å². The second kappa shape index (κ2) is 16.1. The number of nitrogens with one attached hydrogen (secondary N) is 2. The van der Waals surface area contributed by atoms with Crippen LogP contribution in [0.2, 0.25) is 0 Å². The minimum absolute atomic E-state index is 0. The van der Waals surface area contributed by atoms with E-state index in [1.165, 1.54) is 18.2 Å². The van der Waals surface area contributed by atoms with Crippen molar-refractivity contribution in [3.8, 4) is 17.2 Å². The zero-order chi connectivity index (χ0) is 31.7. The Kier molecular flexibility index (Phi) is 12.8. The summed E-state index contributed by atoms with van der Waals surface area (Å²) in [6.07, 6.45) is -0.637. The standard InChI is InChI=1S/C31H37F3N4O5S.ClH/c1-3-4-19-38(30(39)35-28-7-5-6-8-29(28)43-31(32,33)34)25-17-20-37(21-18-25)22-23-9-13-26(14-10-23)42-27-15-11-24(12-16-27)36-44(2,40)41;/h5-16,25,36H,3-4,17-22H2,1-2H3,(H,35,39);1H. The molecule has 14 heteroatoms. The van der Waals surface area contributed by atoms with Gasteiger partial charge < -0.3 is 19.7 Å². The number of benzene rings is 3. The summed E-state index contributed by atoms with van der Waals surface area (Å²) in [6, 6.07) is 19.4. The fourth-order valence-electron chi connectivity index (χ4n) is 5.00. The molecule has 246 valence electrons. The first-order valence-electron chi connectivity index (χ1n) is 14.4. The van der Waals surface area contributed by atoms with E-state index >= 15 is 0 Å². The highest BCUT2D eigenvalue weighted by Gasteiger charge is 2.33. The lowest BCUT2D eigenvalue weighted by Gasteiger charge is -2.38. The van der Waals surface area contributed by atoms with E-state index in [9.17, 15) is 26.4 Å². The number of carbonyl (C=O) groups excluding carboxylic acids is 1. The zero-order valence-corrected chi connectivity index (χ0v) is 26.7. The van der Waals surface area contributed by atoms with Crippen LogP contribution in [-0.2, 0) is 16.6 Å². The molecule has 0 aliphatic carbocycles. The molecule has 0 spiro atoms. The average Bonchev–Trinajstić information content (AvgIpc) is 2.96. The molecule has 0 radical (unpaired) electrons.